The van der Waals surface area contributed by atoms with Gasteiger partial charge in [0.15, 0.2) is 0 Å². The standard InChI is InChI=1S/C14H20N2O2/c1-18-12-6-4-11(5-7-12)8-10-16-9-2-3-13(16)14(15)17/h4-7,13H,2-3,8-10H2,1H3,(H2,15,17). The van der Waals surface area contributed by atoms with Crippen LogP contribution in [0, 0.1) is 0 Å². The number of primary amides is 1. The Morgan fingerprint density at radius 2 is 2.17 bits per heavy atom. The highest BCUT2D eigenvalue weighted by Crippen LogP contribution is 2.18. The van der Waals surface area contributed by atoms with Crippen molar-refractivity contribution in [2.45, 2.75) is 25.3 Å². The molecule has 1 aromatic carbocycles. The van der Waals surface area contributed by atoms with Crippen LogP contribution in [0.2, 0.25) is 0 Å². The number of nitrogens with two attached hydrogens (primary N) is 1. The van der Waals surface area contributed by atoms with Crippen LogP contribution in [0.1, 0.15) is 18.4 Å². The molecule has 0 bridgehead atoms. The number of ether oxygens (including phenoxy) is 1. The molecule has 2 rings (SSSR count). The van der Waals surface area contributed by atoms with Gasteiger partial charge in [-0.3, -0.25) is 9.69 Å². The predicted octanol–water partition coefficient (Wildman–Crippen LogP) is 1.19. The van der Waals surface area contributed by atoms with Crippen molar-refractivity contribution in [1.82, 2.24) is 4.90 Å². The van der Waals surface area contributed by atoms with Gasteiger partial charge in [0.2, 0.25) is 5.91 Å². The van der Waals surface area contributed by atoms with Crippen molar-refractivity contribution in [2.24, 2.45) is 5.73 Å². The van der Waals surface area contributed by atoms with Gasteiger partial charge in [-0.15, -0.1) is 0 Å². The lowest BCUT2D eigenvalue weighted by atomic mass is 10.1. The van der Waals surface area contributed by atoms with Gasteiger partial charge < -0.3 is 10.5 Å². The zero-order chi connectivity index (χ0) is 13.0. The number of carbonyl (C=O) groups is 1. The summed E-state index contributed by atoms with van der Waals surface area (Å²) in [4.78, 5) is 13.5. The first-order valence-corrected chi connectivity index (χ1v) is 6.37. The van der Waals surface area contributed by atoms with Gasteiger partial charge in [0.1, 0.15) is 5.75 Å². The molecule has 1 atom stereocenters. The first-order chi connectivity index (χ1) is 8.70. The van der Waals surface area contributed by atoms with Gasteiger partial charge in [-0.2, -0.15) is 0 Å². The van der Waals surface area contributed by atoms with Crippen LogP contribution < -0.4 is 10.5 Å². The highest BCUT2D eigenvalue weighted by molar-refractivity contribution is 5.80. The Morgan fingerprint density at radius 3 is 2.78 bits per heavy atom. The van der Waals surface area contributed by atoms with E-state index in [4.69, 9.17) is 10.5 Å². The van der Waals surface area contributed by atoms with E-state index in [1.165, 1.54) is 5.56 Å². The van der Waals surface area contributed by atoms with Crippen LogP contribution in [0.3, 0.4) is 0 Å². The fraction of sp³-hybridized carbons (Fsp3) is 0.500. The first kappa shape index (κ1) is 12.9. The van der Waals surface area contributed by atoms with Crippen molar-refractivity contribution in [2.75, 3.05) is 20.2 Å². The summed E-state index contributed by atoms with van der Waals surface area (Å²) >= 11 is 0. The molecule has 1 aliphatic rings. The number of nitrogens with zero attached hydrogens (tertiary/aromatic N) is 1. The number of methoxy groups -OCH3 is 1. The molecule has 98 valence electrons. The van der Waals surface area contributed by atoms with E-state index < -0.39 is 0 Å². The van der Waals surface area contributed by atoms with E-state index >= 15 is 0 Å². The average molecular weight is 248 g/mol. The van der Waals surface area contributed by atoms with E-state index in [0.717, 1.165) is 38.1 Å². The molecule has 1 amide bonds. The fourth-order valence-corrected chi connectivity index (χ4v) is 2.48. The van der Waals surface area contributed by atoms with Crippen molar-refractivity contribution in [3.63, 3.8) is 0 Å². The molecule has 0 aliphatic carbocycles. The molecule has 1 unspecified atom stereocenters. The van der Waals surface area contributed by atoms with E-state index in [0.29, 0.717) is 0 Å². The summed E-state index contributed by atoms with van der Waals surface area (Å²) in [5.41, 5.74) is 6.65. The number of hydrogen-bond donors (Lipinski definition) is 1. The maximum atomic E-state index is 11.3. The molecule has 1 aliphatic heterocycles. The van der Waals surface area contributed by atoms with E-state index in [2.05, 4.69) is 17.0 Å². The summed E-state index contributed by atoms with van der Waals surface area (Å²) in [5, 5.41) is 0. The third-order valence-corrected chi connectivity index (χ3v) is 3.54. The van der Waals surface area contributed by atoms with Gasteiger partial charge in [-0.25, -0.2) is 0 Å². The van der Waals surface area contributed by atoms with Gasteiger partial charge >= 0.3 is 0 Å². The van der Waals surface area contributed by atoms with Gasteiger partial charge in [0.05, 0.1) is 13.2 Å². The SMILES string of the molecule is COc1ccc(CCN2CCCC2C(N)=O)cc1. The topological polar surface area (TPSA) is 55.6 Å². The highest BCUT2D eigenvalue weighted by atomic mass is 16.5. The Bertz CT molecular complexity index is 403. The van der Waals surface area contributed by atoms with Gasteiger partial charge in [0.25, 0.3) is 0 Å². The van der Waals surface area contributed by atoms with Crippen LogP contribution in [-0.4, -0.2) is 37.0 Å². The Hall–Kier alpha value is -1.55. The van der Waals surface area contributed by atoms with E-state index in [1.807, 2.05) is 12.1 Å². The average Bonchev–Trinajstić information content (AvgIpc) is 2.85. The van der Waals surface area contributed by atoms with Crippen molar-refractivity contribution >= 4 is 5.91 Å². The second-order valence-corrected chi connectivity index (χ2v) is 4.69. The predicted molar refractivity (Wildman–Crippen MR) is 70.5 cm³/mol. The quantitative estimate of drug-likeness (QED) is 0.851. The Morgan fingerprint density at radius 1 is 1.44 bits per heavy atom. The summed E-state index contributed by atoms with van der Waals surface area (Å²) in [7, 11) is 1.66. The normalized spacial score (nSPS) is 19.9. The number of hydrogen-bond acceptors (Lipinski definition) is 3. The molecule has 4 nitrogen and oxygen atoms in total. The number of benzene rings is 1. The van der Waals surface area contributed by atoms with Gasteiger partial charge in [0, 0.05) is 6.54 Å². The first-order valence-electron chi connectivity index (χ1n) is 6.37. The molecule has 0 radical (unpaired) electrons. The van der Waals surface area contributed by atoms with Crippen molar-refractivity contribution in [3.05, 3.63) is 29.8 Å². The molecule has 18 heavy (non-hydrogen) atoms. The summed E-state index contributed by atoms with van der Waals surface area (Å²) in [6.07, 6.45) is 2.90. The second kappa shape index (κ2) is 5.87. The largest absolute Gasteiger partial charge is 0.497 e. The van der Waals surface area contributed by atoms with Crippen LogP contribution in [0.4, 0.5) is 0 Å². The van der Waals surface area contributed by atoms with Crippen LogP contribution in [0.15, 0.2) is 24.3 Å². The molecular weight excluding hydrogens is 228 g/mol. The lowest BCUT2D eigenvalue weighted by Crippen LogP contribution is -2.41. The Kier molecular flexibility index (Phi) is 4.20. The number of likely N-dealkylation sites (tertiary alicyclic amines) is 1. The molecule has 1 saturated heterocycles. The maximum absolute atomic E-state index is 11.3. The maximum Gasteiger partial charge on any atom is 0.234 e. The smallest absolute Gasteiger partial charge is 0.234 e. The van der Waals surface area contributed by atoms with Crippen LogP contribution >= 0.6 is 0 Å². The molecule has 1 fully saturated rings. The Labute approximate surface area is 108 Å². The summed E-state index contributed by atoms with van der Waals surface area (Å²) in [5.74, 6) is 0.678. The summed E-state index contributed by atoms with van der Waals surface area (Å²) in [6, 6.07) is 7.99. The van der Waals surface area contributed by atoms with Crippen LogP contribution in [-0.2, 0) is 11.2 Å². The van der Waals surface area contributed by atoms with Crippen LogP contribution in [0.25, 0.3) is 0 Å². The van der Waals surface area contributed by atoms with Gasteiger partial charge in [-0.05, 0) is 43.5 Å². The van der Waals surface area contributed by atoms with Crippen LogP contribution in [0.5, 0.6) is 5.75 Å². The minimum atomic E-state index is -0.192. The number of rotatable bonds is 5. The monoisotopic (exact) mass is 248 g/mol. The second-order valence-electron chi connectivity index (χ2n) is 4.69. The minimum absolute atomic E-state index is 0.0664. The third kappa shape index (κ3) is 3.01. The third-order valence-electron chi connectivity index (χ3n) is 3.54. The molecule has 0 spiro atoms. The zero-order valence-electron chi connectivity index (χ0n) is 10.8. The molecule has 0 saturated carbocycles. The minimum Gasteiger partial charge on any atom is -0.497 e. The lowest BCUT2D eigenvalue weighted by molar-refractivity contribution is -0.122. The molecule has 1 heterocycles. The molecule has 4 heteroatoms. The highest BCUT2D eigenvalue weighted by Gasteiger charge is 2.28. The number of carbonyl (C=O) groups excluding carboxylic acids is 1. The number of amides is 1. The van der Waals surface area contributed by atoms with E-state index in [-0.39, 0.29) is 11.9 Å². The van der Waals surface area contributed by atoms with E-state index in [9.17, 15) is 4.79 Å². The summed E-state index contributed by atoms with van der Waals surface area (Å²) in [6.45, 7) is 1.86. The molecular formula is C14H20N2O2. The lowest BCUT2D eigenvalue weighted by Gasteiger charge is -2.21. The molecule has 0 aromatic heterocycles. The van der Waals surface area contributed by atoms with Crippen molar-refractivity contribution < 1.29 is 9.53 Å². The van der Waals surface area contributed by atoms with E-state index in [1.54, 1.807) is 7.11 Å². The van der Waals surface area contributed by atoms with Crippen molar-refractivity contribution in [3.8, 4) is 5.75 Å². The molecule has 1 aromatic rings. The Balaban J connectivity index is 1.88. The summed E-state index contributed by atoms with van der Waals surface area (Å²) < 4.78 is 5.12. The zero-order valence-corrected chi connectivity index (χ0v) is 10.8. The van der Waals surface area contributed by atoms with Crippen molar-refractivity contribution in [1.29, 1.82) is 0 Å². The van der Waals surface area contributed by atoms with Gasteiger partial charge in [-0.1, -0.05) is 12.1 Å². The fourth-order valence-electron chi connectivity index (χ4n) is 2.48. The molecule has 2 N–H and O–H groups in total.